The van der Waals surface area contributed by atoms with E-state index in [0.29, 0.717) is 31.0 Å². The van der Waals surface area contributed by atoms with Crippen LogP contribution in [0.15, 0.2) is 49.3 Å². The Hall–Kier alpha value is -4.41. The average Bonchev–Trinajstić information content (AvgIpc) is 3.58. The number of rotatable bonds is 10. The van der Waals surface area contributed by atoms with Gasteiger partial charge in [0.2, 0.25) is 0 Å². The monoisotopic (exact) mass is 484 g/mol. The number of aryl methyl sites for hydroxylation is 1. The first-order valence-corrected chi connectivity index (χ1v) is 11.8. The largest absolute Gasteiger partial charge is 0.364 e. The van der Waals surface area contributed by atoms with Gasteiger partial charge in [-0.25, -0.2) is 24.6 Å². The Labute approximate surface area is 208 Å². The van der Waals surface area contributed by atoms with Gasteiger partial charge in [-0.2, -0.15) is 0 Å². The molecule has 0 saturated heterocycles. The van der Waals surface area contributed by atoms with Crippen molar-refractivity contribution < 1.29 is 4.79 Å². The summed E-state index contributed by atoms with van der Waals surface area (Å²) in [5.41, 5.74) is 4.49. The maximum absolute atomic E-state index is 12.6. The van der Waals surface area contributed by atoms with E-state index in [1.54, 1.807) is 23.4 Å². The van der Waals surface area contributed by atoms with E-state index in [1.165, 1.54) is 6.33 Å². The zero-order valence-electron chi connectivity index (χ0n) is 20.5. The minimum absolute atomic E-state index is 0.116. The van der Waals surface area contributed by atoms with Crippen molar-refractivity contribution in [3.05, 3.63) is 60.4 Å². The number of nitrogens with zero attached hydrogens (tertiary/aromatic N) is 8. The van der Waals surface area contributed by atoms with Gasteiger partial charge in [0.1, 0.15) is 24.2 Å². The molecule has 0 aliphatic carbocycles. The summed E-state index contributed by atoms with van der Waals surface area (Å²) in [5.74, 6) is 1.57. The number of imidazole rings is 1. The first kappa shape index (κ1) is 23.3. The molecule has 1 unspecified atom stereocenters. The molecule has 0 aliphatic heterocycles. The molecule has 0 spiro atoms. The van der Waals surface area contributed by atoms with E-state index in [9.17, 15) is 4.79 Å². The highest BCUT2D eigenvalue weighted by Gasteiger charge is 2.18. The molecule has 5 aromatic rings. The Morgan fingerprint density at radius 2 is 2.14 bits per heavy atom. The molecule has 1 atom stereocenters. The molecule has 1 aromatic carbocycles. The number of carbonyl (C=O) groups is 1. The van der Waals surface area contributed by atoms with E-state index in [-0.39, 0.29) is 18.2 Å². The number of pyridine rings is 1. The summed E-state index contributed by atoms with van der Waals surface area (Å²) in [6.45, 7) is 5.45. The minimum atomic E-state index is -0.116. The Morgan fingerprint density at radius 1 is 1.25 bits per heavy atom. The lowest BCUT2D eigenvalue weighted by Gasteiger charge is -2.24. The van der Waals surface area contributed by atoms with Crippen molar-refractivity contribution in [1.82, 2.24) is 39.9 Å². The second-order valence-corrected chi connectivity index (χ2v) is 8.97. The van der Waals surface area contributed by atoms with Gasteiger partial charge in [-0.3, -0.25) is 4.79 Å². The maximum Gasteiger partial charge on any atom is 0.182 e. The molecule has 2 N–H and O–H groups in total. The number of ketones is 1. The standard InChI is InChI=1S/C25H28N10O/c1-16(20(36)13-35-10-8-31-33-35)7-9-34(3)25-19(11-18-6-4-5-17(2)21(18)32-25)12-26-23-22-24(28-14-27-22)30-15-29-23/h4-6,8,10-11,14-16H,7,9,12-13H2,1-3H3,(H2,26,27,28,29,30). The third-order valence-electron chi connectivity index (χ3n) is 6.37. The molecule has 4 heterocycles. The molecule has 0 saturated carbocycles. The fourth-order valence-corrected chi connectivity index (χ4v) is 4.21. The van der Waals surface area contributed by atoms with Crippen molar-refractivity contribution in [1.29, 1.82) is 0 Å². The number of Topliss-reactive ketones (excluding diaryl/α,β-unsaturated/α-hetero) is 1. The number of hydrogen-bond acceptors (Lipinski definition) is 9. The predicted molar refractivity (Wildman–Crippen MR) is 138 cm³/mol. The quantitative estimate of drug-likeness (QED) is 0.307. The molecule has 0 amide bonds. The average molecular weight is 485 g/mol. The molecular formula is C25H28N10O. The lowest BCUT2D eigenvalue weighted by atomic mass is 10.0. The number of para-hydroxylation sites is 1. The van der Waals surface area contributed by atoms with Crippen LogP contribution >= 0.6 is 0 Å². The van der Waals surface area contributed by atoms with Gasteiger partial charge in [0.25, 0.3) is 0 Å². The van der Waals surface area contributed by atoms with Gasteiger partial charge in [0.15, 0.2) is 17.2 Å². The van der Waals surface area contributed by atoms with Gasteiger partial charge >= 0.3 is 0 Å². The second kappa shape index (κ2) is 10.1. The van der Waals surface area contributed by atoms with Crippen LogP contribution in [0.2, 0.25) is 0 Å². The Morgan fingerprint density at radius 3 is 2.97 bits per heavy atom. The van der Waals surface area contributed by atoms with E-state index < -0.39 is 0 Å². The Bertz CT molecular complexity index is 1490. The van der Waals surface area contributed by atoms with Crippen LogP contribution in [0.25, 0.3) is 22.1 Å². The minimum Gasteiger partial charge on any atom is -0.364 e. The number of nitrogens with one attached hydrogen (secondary N) is 2. The summed E-state index contributed by atoms with van der Waals surface area (Å²) in [7, 11) is 2.02. The van der Waals surface area contributed by atoms with Gasteiger partial charge in [-0.15, -0.1) is 5.10 Å². The first-order valence-electron chi connectivity index (χ1n) is 11.8. The Balaban J connectivity index is 1.36. The summed E-state index contributed by atoms with van der Waals surface area (Å²) < 4.78 is 1.56. The molecular weight excluding hydrogens is 456 g/mol. The van der Waals surface area contributed by atoms with E-state index in [2.05, 4.69) is 65.6 Å². The van der Waals surface area contributed by atoms with Crippen molar-refractivity contribution in [3.63, 3.8) is 0 Å². The van der Waals surface area contributed by atoms with Crippen molar-refractivity contribution in [2.75, 3.05) is 23.8 Å². The van der Waals surface area contributed by atoms with E-state index in [0.717, 1.165) is 33.4 Å². The van der Waals surface area contributed by atoms with Crippen molar-refractivity contribution in [2.24, 2.45) is 5.92 Å². The molecule has 11 nitrogen and oxygen atoms in total. The Kier molecular flexibility index (Phi) is 6.52. The molecule has 184 valence electrons. The van der Waals surface area contributed by atoms with Gasteiger partial charge in [-0.05, 0) is 25.0 Å². The number of fused-ring (bicyclic) bond motifs is 2. The van der Waals surface area contributed by atoms with Crippen LogP contribution in [0.5, 0.6) is 0 Å². The highest BCUT2D eigenvalue weighted by atomic mass is 16.1. The third-order valence-corrected chi connectivity index (χ3v) is 6.37. The number of H-pyrrole nitrogens is 1. The van der Waals surface area contributed by atoms with Crippen LogP contribution in [0, 0.1) is 12.8 Å². The van der Waals surface area contributed by atoms with E-state index >= 15 is 0 Å². The van der Waals surface area contributed by atoms with Crippen molar-refractivity contribution in [3.8, 4) is 0 Å². The van der Waals surface area contributed by atoms with Crippen LogP contribution < -0.4 is 10.2 Å². The van der Waals surface area contributed by atoms with Crippen LogP contribution in [0.4, 0.5) is 11.6 Å². The van der Waals surface area contributed by atoms with E-state index in [1.807, 2.05) is 20.0 Å². The van der Waals surface area contributed by atoms with E-state index in [4.69, 9.17) is 4.98 Å². The molecule has 0 bridgehead atoms. The molecule has 0 aliphatic rings. The molecule has 0 fully saturated rings. The van der Waals surface area contributed by atoms with Crippen LogP contribution in [-0.2, 0) is 17.9 Å². The van der Waals surface area contributed by atoms with Gasteiger partial charge in [0, 0.05) is 43.2 Å². The number of anilines is 2. The second-order valence-electron chi connectivity index (χ2n) is 8.97. The summed E-state index contributed by atoms with van der Waals surface area (Å²) >= 11 is 0. The summed E-state index contributed by atoms with van der Waals surface area (Å²) in [6.07, 6.45) is 7.08. The number of aromatic nitrogens is 8. The highest BCUT2D eigenvalue weighted by molar-refractivity contribution is 5.85. The van der Waals surface area contributed by atoms with Gasteiger partial charge in [0.05, 0.1) is 18.0 Å². The van der Waals surface area contributed by atoms with Crippen molar-refractivity contribution >= 4 is 39.5 Å². The highest BCUT2D eigenvalue weighted by Crippen LogP contribution is 2.27. The first-order chi connectivity index (χ1) is 17.5. The zero-order chi connectivity index (χ0) is 25.1. The molecule has 36 heavy (non-hydrogen) atoms. The number of benzene rings is 1. The SMILES string of the molecule is Cc1cccc2cc(CNc3ncnc4nc[nH]c34)c(N(C)CCC(C)C(=O)Cn3ccnn3)nc12. The van der Waals surface area contributed by atoms with Crippen LogP contribution in [0.3, 0.4) is 0 Å². The molecule has 5 rings (SSSR count). The van der Waals surface area contributed by atoms with Gasteiger partial charge in [-0.1, -0.05) is 30.3 Å². The lowest BCUT2D eigenvalue weighted by Crippen LogP contribution is -2.27. The number of aromatic amines is 1. The predicted octanol–water partition coefficient (Wildman–Crippen LogP) is 3.14. The zero-order valence-corrected chi connectivity index (χ0v) is 20.5. The topological polar surface area (TPSA) is 130 Å². The van der Waals surface area contributed by atoms with Crippen molar-refractivity contribution in [2.45, 2.75) is 33.4 Å². The van der Waals surface area contributed by atoms with Crippen LogP contribution in [-0.4, -0.2) is 59.3 Å². The molecule has 11 heteroatoms. The third kappa shape index (κ3) is 4.85. The van der Waals surface area contributed by atoms with Gasteiger partial charge < -0.3 is 15.2 Å². The summed E-state index contributed by atoms with van der Waals surface area (Å²) in [4.78, 5) is 35.7. The number of carbonyl (C=O) groups excluding carboxylic acids is 1. The normalized spacial score (nSPS) is 12.2. The van der Waals surface area contributed by atoms with Crippen LogP contribution in [0.1, 0.15) is 24.5 Å². The molecule has 4 aromatic heterocycles. The summed E-state index contributed by atoms with van der Waals surface area (Å²) in [6, 6.07) is 8.35. The fourth-order valence-electron chi connectivity index (χ4n) is 4.21. The summed E-state index contributed by atoms with van der Waals surface area (Å²) in [5, 5.41) is 12.2. The molecule has 0 radical (unpaired) electrons. The smallest absolute Gasteiger partial charge is 0.182 e. The number of hydrogen-bond donors (Lipinski definition) is 2. The maximum atomic E-state index is 12.6. The fraction of sp³-hybridized carbons (Fsp3) is 0.320. The lowest BCUT2D eigenvalue weighted by molar-refractivity contribution is -0.123.